The van der Waals surface area contributed by atoms with Gasteiger partial charge in [0.15, 0.2) is 0 Å². The smallest absolute Gasteiger partial charge is 0.243 e. The Bertz CT molecular complexity index is 1060. The Labute approximate surface area is 181 Å². The highest BCUT2D eigenvalue weighted by atomic mass is 32.2. The number of hydrogen-bond acceptors (Lipinski definition) is 6. The summed E-state index contributed by atoms with van der Waals surface area (Å²) in [5.41, 5.74) is 1.23. The van der Waals surface area contributed by atoms with E-state index in [1.165, 1.54) is 22.2 Å². The number of sulfonamides is 1. The quantitative estimate of drug-likeness (QED) is 0.706. The number of carbonyl (C=O) groups is 2. The summed E-state index contributed by atoms with van der Waals surface area (Å²) in [6.45, 7) is 3.11. The van der Waals surface area contributed by atoms with Gasteiger partial charge >= 0.3 is 0 Å². The van der Waals surface area contributed by atoms with Gasteiger partial charge in [-0.05, 0) is 35.9 Å². The minimum atomic E-state index is -3.66. The van der Waals surface area contributed by atoms with Crippen molar-refractivity contribution in [1.82, 2.24) is 9.62 Å². The maximum absolute atomic E-state index is 13.0. The van der Waals surface area contributed by atoms with Crippen molar-refractivity contribution in [3.63, 3.8) is 0 Å². The molecule has 1 aromatic heterocycles. The van der Waals surface area contributed by atoms with Gasteiger partial charge < -0.3 is 14.5 Å². The molecule has 2 aliphatic rings. The molecule has 1 atom stereocenters. The van der Waals surface area contributed by atoms with E-state index in [1.54, 1.807) is 24.5 Å². The molecule has 10 heteroatoms. The summed E-state index contributed by atoms with van der Waals surface area (Å²) in [6, 6.07) is 7.58. The molecule has 166 valence electrons. The van der Waals surface area contributed by atoms with Crippen LogP contribution in [0.5, 0.6) is 0 Å². The summed E-state index contributed by atoms with van der Waals surface area (Å²) >= 11 is 0. The van der Waals surface area contributed by atoms with Crippen molar-refractivity contribution in [1.29, 1.82) is 0 Å². The number of hydrogen-bond donors (Lipinski definition) is 1. The topological polar surface area (TPSA) is 109 Å². The second kappa shape index (κ2) is 8.81. The Morgan fingerprint density at radius 3 is 2.65 bits per heavy atom. The van der Waals surface area contributed by atoms with Crippen LogP contribution in [0.15, 0.2) is 45.9 Å². The fraction of sp³-hybridized carbons (Fsp3) is 0.429. The van der Waals surface area contributed by atoms with E-state index in [4.69, 9.17) is 9.15 Å². The second-order valence-corrected chi connectivity index (χ2v) is 9.47. The van der Waals surface area contributed by atoms with Gasteiger partial charge in [-0.1, -0.05) is 0 Å². The third-order valence-corrected chi connectivity index (χ3v) is 7.43. The fourth-order valence-corrected chi connectivity index (χ4v) is 5.46. The summed E-state index contributed by atoms with van der Waals surface area (Å²) in [6.07, 6.45) is 2.37. The molecule has 0 aliphatic carbocycles. The summed E-state index contributed by atoms with van der Waals surface area (Å²) in [4.78, 5) is 26.7. The molecule has 0 bridgehead atoms. The van der Waals surface area contributed by atoms with E-state index in [0.717, 1.165) is 5.76 Å². The third-order valence-electron chi connectivity index (χ3n) is 5.54. The molecule has 2 aromatic rings. The lowest BCUT2D eigenvalue weighted by Crippen LogP contribution is -2.47. The first kappa shape index (κ1) is 21.5. The van der Waals surface area contributed by atoms with E-state index in [2.05, 4.69) is 5.32 Å². The first-order valence-electron chi connectivity index (χ1n) is 10.2. The highest BCUT2D eigenvalue weighted by molar-refractivity contribution is 7.89. The van der Waals surface area contributed by atoms with Gasteiger partial charge in [0.2, 0.25) is 21.8 Å². The van der Waals surface area contributed by atoms with Crippen LogP contribution < -0.4 is 10.2 Å². The molecule has 4 rings (SSSR count). The summed E-state index contributed by atoms with van der Waals surface area (Å²) in [7, 11) is -3.66. The number of carbonyl (C=O) groups excluding carboxylic acids is 2. The highest BCUT2D eigenvalue weighted by Gasteiger charge is 2.38. The SMILES string of the molecule is CC(=O)N1c2ccc(S(=O)(=O)N3CCOCC3)cc2C[C@@H]1C(=O)NCCc1ccco1. The van der Waals surface area contributed by atoms with E-state index in [-0.39, 0.29) is 23.1 Å². The standard InChI is InChI=1S/C21H25N3O6S/c1-15(25)24-19-5-4-18(31(27,28)23-8-11-29-12-9-23)13-16(19)14-20(24)21(26)22-7-6-17-3-2-10-30-17/h2-5,10,13,20H,6-9,11-12,14H2,1H3,(H,22,26)/t20-/m1/s1. The fourth-order valence-electron chi connectivity index (χ4n) is 4.00. The number of benzene rings is 1. The molecule has 0 radical (unpaired) electrons. The molecule has 9 nitrogen and oxygen atoms in total. The van der Waals surface area contributed by atoms with E-state index in [1.807, 2.05) is 6.07 Å². The molecule has 2 aliphatic heterocycles. The number of rotatable bonds is 6. The maximum atomic E-state index is 13.0. The highest BCUT2D eigenvalue weighted by Crippen LogP contribution is 2.35. The number of morpholine rings is 1. The molecular formula is C21H25N3O6S. The van der Waals surface area contributed by atoms with Gasteiger partial charge in [0.25, 0.3) is 0 Å². The van der Waals surface area contributed by atoms with Gasteiger partial charge in [-0.2, -0.15) is 4.31 Å². The first-order valence-corrected chi connectivity index (χ1v) is 11.6. The van der Waals surface area contributed by atoms with E-state index >= 15 is 0 Å². The average Bonchev–Trinajstić information content (AvgIpc) is 3.41. The summed E-state index contributed by atoms with van der Waals surface area (Å²) < 4.78 is 37.8. The van der Waals surface area contributed by atoms with Crippen molar-refractivity contribution in [3.8, 4) is 0 Å². The number of furan rings is 1. The third kappa shape index (κ3) is 4.36. The lowest BCUT2D eigenvalue weighted by molar-refractivity contribution is -0.125. The number of fused-ring (bicyclic) bond motifs is 1. The number of amides is 2. The van der Waals surface area contributed by atoms with E-state index in [9.17, 15) is 18.0 Å². The Morgan fingerprint density at radius 1 is 1.19 bits per heavy atom. The Morgan fingerprint density at radius 2 is 1.97 bits per heavy atom. The minimum Gasteiger partial charge on any atom is -0.469 e. The zero-order valence-electron chi connectivity index (χ0n) is 17.2. The van der Waals surface area contributed by atoms with Gasteiger partial charge in [0, 0.05) is 45.1 Å². The number of anilines is 1. The average molecular weight is 448 g/mol. The molecule has 2 amide bonds. The molecule has 3 heterocycles. The molecule has 1 N–H and O–H groups in total. The maximum Gasteiger partial charge on any atom is 0.243 e. The van der Waals surface area contributed by atoms with Crippen LogP contribution in [-0.2, 0) is 37.2 Å². The summed E-state index contributed by atoms with van der Waals surface area (Å²) in [5, 5.41) is 2.85. The zero-order chi connectivity index (χ0) is 22.0. The molecule has 1 aromatic carbocycles. The van der Waals surface area contributed by atoms with Crippen LogP contribution in [0.4, 0.5) is 5.69 Å². The predicted molar refractivity (Wildman–Crippen MR) is 112 cm³/mol. The predicted octanol–water partition coefficient (Wildman–Crippen LogP) is 0.937. The zero-order valence-corrected chi connectivity index (χ0v) is 18.1. The number of nitrogens with zero attached hydrogens (tertiary/aromatic N) is 2. The molecule has 1 fully saturated rings. The van der Waals surface area contributed by atoms with Crippen LogP contribution in [0.1, 0.15) is 18.2 Å². The molecule has 31 heavy (non-hydrogen) atoms. The lowest BCUT2D eigenvalue weighted by atomic mass is 10.1. The molecular weight excluding hydrogens is 422 g/mol. The van der Waals surface area contributed by atoms with Crippen molar-refractivity contribution in [2.75, 3.05) is 37.7 Å². The van der Waals surface area contributed by atoms with Crippen molar-refractivity contribution in [3.05, 3.63) is 47.9 Å². The van der Waals surface area contributed by atoms with E-state index < -0.39 is 16.1 Å². The van der Waals surface area contributed by atoms with Crippen LogP contribution >= 0.6 is 0 Å². The molecule has 0 saturated carbocycles. The molecule has 0 spiro atoms. The van der Waals surface area contributed by atoms with Crippen molar-refractivity contribution >= 4 is 27.5 Å². The van der Waals surface area contributed by atoms with Gasteiger partial charge in [-0.3, -0.25) is 14.5 Å². The number of nitrogens with one attached hydrogen (secondary N) is 1. The Kier molecular flexibility index (Phi) is 6.12. The Hall–Kier alpha value is -2.69. The van der Waals surface area contributed by atoms with Gasteiger partial charge in [-0.25, -0.2) is 8.42 Å². The van der Waals surface area contributed by atoms with Crippen LogP contribution in [-0.4, -0.2) is 63.4 Å². The van der Waals surface area contributed by atoms with Crippen LogP contribution in [0.2, 0.25) is 0 Å². The van der Waals surface area contributed by atoms with Gasteiger partial charge in [-0.15, -0.1) is 0 Å². The van der Waals surface area contributed by atoms with Crippen molar-refractivity contribution < 1.29 is 27.2 Å². The van der Waals surface area contributed by atoms with Crippen LogP contribution in [0, 0.1) is 0 Å². The first-order chi connectivity index (χ1) is 14.9. The van der Waals surface area contributed by atoms with Crippen LogP contribution in [0.3, 0.4) is 0 Å². The second-order valence-electron chi connectivity index (χ2n) is 7.54. The summed E-state index contributed by atoms with van der Waals surface area (Å²) in [5.74, 6) is 0.209. The minimum absolute atomic E-state index is 0.163. The normalized spacial score (nSPS) is 19.3. The van der Waals surface area contributed by atoms with Crippen molar-refractivity contribution in [2.24, 2.45) is 0 Å². The lowest BCUT2D eigenvalue weighted by Gasteiger charge is -2.26. The van der Waals surface area contributed by atoms with Crippen molar-refractivity contribution in [2.45, 2.75) is 30.7 Å². The molecule has 0 unspecified atom stereocenters. The van der Waals surface area contributed by atoms with Gasteiger partial charge in [0.05, 0.1) is 24.4 Å². The van der Waals surface area contributed by atoms with Crippen LogP contribution in [0.25, 0.3) is 0 Å². The monoisotopic (exact) mass is 447 g/mol. The van der Waals surface area contributed by atoms with E-state index in [0.29, 0.717) is 50.5 Å². The Balaban J connectivity index is 1.51. The largest absolute Gasteiger partial charge is 0.469 e. The number of ether oxygens (including phenoxy) is 1. The van der Waals surface area contributed by atoms with Gasteiger partial charge in [0.1, 0.15) is 11.8 Å². The molecule has 1 saturated heterocycles.